The molecule has 0 aliphatic heterocycles. The van der Waals surface area contributed by atoms with E-state index in [0.717, 1.165) is 21.5 Å². The molecule has 2 N–H and O–H groups in total. The molecule has 5 aromatic rings. The molecule has 0 unspecified atom stereocenters. The first-order valence-corrected chi connectivity index (χ1v) is 9.28. The molecular formula is C23H19Li3N2O2S+2. The minimum absolute atomic E-state index is 0. The number of H-pyrrole nitrogens is 2. The number of benzene rings is 3. The van der Waals surface area contributed by atoms with Crippen molar-refractivity contribution in [3.05, 3.63) is 92.5 Å². The molecule has 0 saturated heterocycles. The van der Waals surface area contributed by atoms with Gasteiger partial charge >= 0.3 is 56.6 Å². The van der Waals surface area contributed by atoms with Crippen LogP contribution in [0.5, 0.6) is 11.5 Å². The van der Waals surface area contributed by atoms with E-state index in [0.29, 0.717) is 5.52 Å². The molecule has 2 aromatic heterocycles. The number of thiazole rings is 1. The van der Waals surface area contributed by atoms with Crippen molar-refractivity contribution >= 4 is 32.5 Å². The van der Waals surface area contributed by atoms with Gasteiger partial charge in [-0.05, 0) is 30.0 Å². The molecule has 0 aliphatic rings. The largest absolute Gasteiger partial charge is 1.00 e. The molecule has 8 heteroatoms. The van der Waals surface area contributed by atoms with Crippen molar-refractivity contribution in [3.8, 4) is 22.1 Å². The first-order valence-electron chi connectivity index (χ1n) is 8.46. The monoisotopic (exact) mass is 408 g/mol. The summed E-state index contributed by atoms with van der Waals surface area (Å²) in [6.07, 6.45) is 1.75. The summed E-state index contributed by atoms with van der Waals surface area (Å²) < 4.78 is 1.17. The molecule has 0 radical (unpaired) electrons. The second-order valence-corrected chi connectivity index (χ2v) is 6.99. The van der Waals surface area contributed by atoms with Crippen molar-refractivity contribution in [3.63, 3.8) is 0 Å². The number of pyridine rings is 1. The Kier molecular flexibility index (Phi) is 13.0. The Morgan fingerprint density at radius 3 is 2.03 bits per heavy atom. The Labute approximate surface area is 222 Å². The van der Waals surface area contributed by atoms with Crippen LogP contribution in [0.1, 0.15) is 0 Å². The maximum Gasteiger partial charge on any atom is 1.00 e. The van der Waals surface area contributed by atoms with Crippen LogP contribution < -0.4 is 76.8 Å². The molecule has 0 atom stereocenters. The standard InChI is InChI=1S/C13H9NOS.C9H7NO.CH3.3Li/c15-11-7-3-1-5-9(11)13-14-10-6-2-4-8-12(10)16-13;11-8-5-1-3-7-4-2-6-10-9(7)8;;;;/h1-8,15H;1-6,11H;1H3;;;/q;;-1;3*+1. The smallest absolute Gasteiger partial charge is 0.872 e. The van der Waals surface area contributed by atoms with Crippen LogP contribution in [0.2, 0.25) is 0 Å². The third-order valence-corrected chi connectivity index (χ3v) is 5.24. The predicted octanol–water partition coefficient (Wildman–Crippen LogP) is -5.35. The van der Waals surface area contributed by atoms with E-state index >= 15 is 0 Å². The van der Waals surface area contributed by atoms with Gasteiger partial charge in [-0.25, -0.2) is 4.98 Å². The quantitative estimate of drug-likeness (QED) is 0.205. The van der Waals surface area contributed by atoms with Gasteiger partial charge in [0, 0.05) is 23.1 Å². The van der Waals surface area contributed by atoms with Gasteiger partial charge in [0.25, 0.3) is 5.01 Å². The number of rotatable bonds is 1. The number of para-hydroxylation sites is 3. The Morgan fingerprint density at radius 2 is 1.32 bits per heavy atom. The van der Waals surface area contributed by atoms with Crippen LogP contribution in [0.15, 0.2) is 85.1 Å². The number of fused-ring (bicyclic) bond motifs is 2. The normalized spacial score (nSPS) is 9.16. The fraction of sp³-hybridized carbons (Fsp3) is 0. The van der Waals surface area contributed by atoms with Gasteiger partial charge in [0.2, 0.25) is 11.0 Å². The van der Waals surface area contributed by atoms with Gasteiger partial charge in [-0.3, -0.25) is 0 Å². The fourth-order valence-corrected chi connectivity index (χ4v) is 3.85. The van der Waals surface area contributed by atoms with Crippen molar-refractivity contribution in [2.24, 2.45) is 0 Å². The van der Waals surface area contributed by atoms with E-state index in [-0.39, 0.29) is 75.5 Å². The van der Waals surface area contributed by atoms with Crippen LogP contribution >= 0.6 is 11.3 Å². The zero-order valence-electron chi connectivity index (χ0n) is 18.3. The molecule has 0 spiro atoms. The van der Waals surface area contributed by atoms with Crippen molar-refractivity contribution in [1.29, 1.82) is 0 Å². The average Bonchev–Trinajstić information content (AvgIpc) is 3.13. The topological polar surface area (TPSA) is 74.4 Å². The zero-order valence-corrected chi connectivity index (χ0v) is 19.1. The third-order valence-electron chi connectivity index (χ3n) is 4.14. The van der Waals surface area contributed by atoms with Crippen LogP contribution in [0, 0.1) is 7.43 Å². The molecule has 4 nitrogen and oxygen atoms in total. The average molecular weight is 408 g/mol. The summed E-state index contributed by atoms with van der Waals surface area (Å²) in [5, 5.41) is 24.7. The van der Waals surface area contributed by atoms with Gasteiger partial charge in [-0.1, -0.05) is 59.6 Å². The summed E-state index contributed by atoms with van der Waals surface area (Å²) in [7, 11) is 0. The molecule has 0 saturated carbocycles. The zero-order chi connectivity index (χ0) is 18.6. The van der Waals surface area contributed by atoms with E-state index < -0.39 is 0 Å². The molecule has 140 valence electrons. The minimum Gasteiger partial charge on any atom is -0.872 e. The second kappa shape index (κ2) is 13.7. The van der Waals surface area contributed by atoms with E-state index in [1.807, 2.05) is 54.6 Å². The molecule has 0 aliphatic carbocycles. The van der Waals surface area contributed by atoms with Crippen LogP contribution in [-0.2, 0) is 0 Å². The van der Waals surface area contributed by atoms with Gasteiger partial charge in [-0.15, -0.1) is 0 Å². The van der Waals surface area contributed by atoms with E-state index in [1.165, 1.54) is 4.70 Å². The number of aromatic nitrogens is 2. The van der Waals surface area contributed by atoms with Crippen molar-refractivity contribution in [1.82, 2.24) is 0 Å². The van der Waals surface area contributed by atoms with E-state index in [2.05, 4.69) is 9.97 Å². The van der Waals surface area contributed by atoms with E-state index in [4.69, 9.17) is 0 Å². The summed E-state index contributed by atoms with van der Waals surface area (Å²) >= 11 is 1.61. The maximum absolute atomic E-state index is 11.7. The Hall–Kier alpha value is -1.65. The van der Waals surface area contributed by atoms with Crippen molar-refractivity contribution in [2.75, 3.05) is 0 Å². The number of aromatic amines is 2. The maximum atomic E-state index is 11.7. The van der Waals surface area contributed by atoms with Gasteiger partial charge in [0.05, 0.1) is 0 Å². The van der Waals surface area contributed by atoms with Crippen LogP contribution in [0.25, 0.3) is 31.7 Å². The molecule has 0 bridgehead atoms. The third kappa shape index (κ3) is 6.92. The first-order chi connectivity index (χ1) is 13.2. The summed E-state index contributed by atoms with van der Waals surface area (Å²) in [5.74, 6) is 0.105. The van der Waals surface area contributed by atoms with Gasteiger partial charge in [-0.2, -0.15) is 4.98 Å². The van der Waals surface area contributed by atoms with Gasteiger partial charge in [0.1, 0.15) is 4.70 Å². The SMILES string of the molecule is [CH3-].[Li+].[Li+].[Li+].[O-]c1cccc2ccc[nH+]c12.[O-]c1ccccc1-c1[nH+]c2ccccc2s1. The second-order valence-electron chi connectivity index (χ2n) is 5.94. The molecule has 5 rings (SSSR count). The molecule has 31 heavy (non-hydrogen) atoms. The number of nitrogens with one attached hydrogen (secondary N) is 2. The van der Waals surface area contributed by atoms with E-state index in [9.17, 15) is 10.2 Å². The first kappa shape index (κ1) is 29.4. The molecule has 2 heterocycles. The van der Waals surface area contributed by atoms with Crippen LogP contribution in [-0.4, -0.2) is 0 Å². The molecule has 0 fully saturated rings. The number of hydrogen-bond donors (Lipinski definition) is 0. The Morgan fingerprint density at radius 1 is 0.677 bits per heavy atom. The van der Waals surface area contributed by atoms with Crippen molar-refractivity contribution < 1.29 is 76.8 Å². The van der Waals surface area contributed by atoms with Crippen LogP contribution in [0.4, 0.5) is 0 Å². The molecule has 0 amide bonds. The fourth-order valence-electron chi connectivity index (χ4n) is 2.82. The van der Waals surface area contributed by atoms with Crippen LogP contribution in [0.3, 0.4) is 0 Å². The summed E-state index contributed by atoms with van der Waals surface area (Å²) in [6.45, 7) is 0. The molecular weight excluding hydrogens is 389 g/mol. The summed E-state index contributed by atoms with van der Waals surface area (Å²) in [5.41, 5.74) is 2.49. The summed E-state index contributed by atoms with van der Waals surface area (Å²) in [6, 6.07) is 24.2. The van der Waals surface area contributed by atoms with Gasteiger partial charge < -0.3 is 17.6 Å². The Bertz CT molecular complexity index is 1190. The van der Waals surface area contributed by atoms with E-state index in [1.54, 1.807) is 41.8 Å². The predicted molar refractivity (Wildman–Crippen MR) is 110 cm³/mol. The van der Waals surface area contributed by atoms with Gasteiger partial charge in [0.15, 0.2) is 6.20 Å². The Balaban J connectivity index is 0.000000540. The minimum atomic E-state index is 0. The molecule has 3 aromatic carbocycles. The van der Waals surface area contributed by atoms with Crippen molar-refractivity contribution in [2.45, 2.75) is 0 Å². The number of hydrogen-bond acceptors (Lipinski definition) is 3. The summed E-state index contributed by atoms with van der Waals surface area (Å²) in [4.78, 5) is 6.18.